The third-order valence-electron chi connectivity index (χ3n) is 3.10. The van der Waals surface area contributed by atoms with Gasteiger partial charge in [0.1, 0.15) is 17.3 Å². The number of nitriles is 1. The van der Waals surface area contributed by atoms with Crippen molar-refractivity contribution in [3.05, 3.63) is 53.9 Å². The van der Waals surface area contributed by atoms with Crippen LogP contribution in [-0.2, 0) is 0 Å². The molecule has 5 heteroatoms. The average molecular weight is 276 g/mol. The molecule has 0 saturated carbocycles. The Kier molecular flexibility index (Phi) is 3.13. The lowest BCUT2D eigenvalue weighted by atomic mass is 10.2. The van der Waals surface area contributed by atoms with Crippen molar-refractivity contribution >= 4 is 16.6 Å². The number of rotatable bonds is 2. The summed E-state index contributed by atoms with van der Waals surface area (Å²) in [6, 6.07) is 13.1. The Morgan fingerprint density at radius 1 is 1.19 bits per heavy atom. The van der Waals surface area contributed by atoms with Gasteiger partial charge in [-0.25, -0.2) is 9.97 Å². The van der Waals surface area contributed by atoms with E-state index in [0.717, 1.165) is 16.6 Å². The van der Waals surface area contributed by atoms with Crippen LogP contribution in [0.15, 0.2) is 42.6 Å². The molecule has 0 unspecified atom stereocenters. The van der Waals surface area contributed by atoms with Gasteiger partial charge in [-0.3, -0.25) is 0 Å². The number of hydrogen-bond acceptors (Lipinski definition) is 5. The lowest BCUT2D eigenvalue weighted by Gasteiger charge is -2.10. The molecule has 21 heavy (non-hydrogen) atoms. The first-order chi connectivity index (χ1) is 10.2. The number of nitrogens with two attached hydrogens (primary N) is 1. The average Bonchev–Trinajstić information content (AvgIpc) is 2.50. The molecule has 3 aromatic rings. The molecular formula is C16H12N4O. The summed E-state index contributed by atoms with van der Waals surface area (Å²) >= 11 is 0. The molecule has 1 aromatic carbocycles. The molecule has 0 spiro atoms. The maximum absolute atomic E-state index is 8.99. The number of pyridine rings is 2. The van der Waals surface area contributed by atoms with Crippen LogP contribution < -0.4 is 10.5 Å². The minimum atomic E-state index is 0.213. The van der Waals surface area contributed by atoms with Gasteiger partial charge < -0.3 is 10.5 Å². The van der Waals surface area contributed by atoms with E-state index in [-0.39, 0.29) is 11.6 Å². The van der Waals surface area contributed by atoms with E-state index in [1.165, 1.54) is 6.20 Å². The monoisotopic (exact) mass is 276 g/mol. The minimum absolute atomic E-state index is 0.213. The first-order valence-corrected chi connectivity index (χ1v) is 6.38. The van der Waals surface area contributed by atoms with E-state index >= 15 is 0 Å². The van der Waals surface area contributed by atoms with Crippen LogP contribution in [0.2, 0.25) is 0 Å². The molecule has 3 rings (SSSR count). The van der Waals surface area contributed by atoms with E-state index in [1.54, 1.807) is 12.1 Å². The zero-order valence-corrected chi connectivity index (χ0v) is 11.4. The second-order valence-corrected chi connectivity index (χ2v) is 4.57. The number of hydrogen-bond donors (Lipinski definition) is 1. The number of benzene rings is 1. The van der Waals surface area contributed by atoms with Crippen molar-refractivity contribution in [2.45, 2.75) is 6.92 Å². The molecular weight excluding hydrogens is 264 g/mol. The van der Waals surface area contributed by atoms with Gasteiger partial charge in [-0.15, -0.1) is 0 Å². The van der Waals surface area contributed by atoms with Gasteiger partial charge in [-0.05, 0) is 25.1 Å². The van der Waals surface area contributed by atoms with Gasteiger partial charge in [-0.1, -0.05) is 18.2 Å². The van der Waals surface area contributed by atoms with Crippen molar-refractivity contribution in [1.82, 2.24) is 9.97 Å². The molecule has 0 radical (unpaired) electrons. The lowest BCUT2D eigenvalue weighted by molar-refractivity contribution is 0.469. The molecule has 0 aliphatic rings. The number of nitrogen functional groups attached to an aromatic ring is 1. The number of fused-ring (bicyclic) bond motifs is 1. The van der Waals surface area contributed by atoms with Crippen LogP contribution in [0, 0.1) is 18.3 Å². The van der Waals surface area contributed by atoms with Crippen molar-refractivity contribution < 1.29 is 4.74 Å². The van der Waals surface area contributed by atoms with Crippen LogP contribution in [0.1, 0.15) is 11.3 Å². The zero-order chi connectivity index (χ0) is 14.8. The topological polar surface area (TPSA) is 84.8 Å². The largest absolute Gasteiger partial charge is 0.435 e. The number of nitrogens with zero attached hydrogens (tertiary/aromatic N) is 3. The van der Waals surface area contributed by atoms with Gasteiger partial charge in [0.05, 0.1) is 5.56 Å². The number of aryl methyl sites for hydroxylation is 1. The van der Waals surface area contributed by atoms with Crippen LogP contribution in [0.5, 0.6) is 11.6 Å². The normalized spacial score (nSPS) is 10.3. The summed E-state index contributed by atoms with van der Waals surface area (Å²) in [5.41, 5.74) is 8.08. The maximum Gasteiger partial charge on any atom is 0.244 e. The molecule has 0 bridgehead atoms. The predicted octanol–water partition coefficient (Wildman–Crippen LogP) is 3.18. The first kappa shape index (κ1) is 12.9. The van der Waals surface area contributed by atoms with Gasteiger partial charge >= 0.3 is 0 Å². The summed E-state index contributed by atoms with van der Waals surface area (Å²) in [5, 5.41) is 9.96. The summed E-state index contributed by atoms with van der Waals surface area (Å²) in [6.07, 6.45) is 1.49. The highest BCUT2D eigenvalue weighted by atomic mass is 16.5. The quantitative estimate of drug-likeness (QED) is 0.777. The van der Waals surface area contributed by atoms with E-state index in [9.17, 15) is 0 Å². The molecule has 0 atom stereocenters. The molecule has 2 N–H and O–H groups in total. The molecule has 0 aliphatic heterocycles. The Balaban J connectivity index is 2.11. The fraction of sp³-hybridized carbons (Fsp3) is 0.0625. The van der Waals surface area contributed by atoms with Crippen molar-refractivity contribution in [3.63, 3.8) is 0 Å². The zero-order valence-electron chi connectivity index (χ0n) is 11.4. The minimum Gasteiger partial charge on any atom is -0.435 e. The number of ether oxygens (including phenoxy) is 1. The standard InChI is InChI=1S/C16H12N4O/c1-10-5-6-11-3-2-4-13(15(11)20-10)21-16-14(18)12(9-17)7-8-19-16/h2-8H,18H2,1H3. The summed E-state index contributed by atoms with van der Waals surface area (Å²) < 4.78 is 5.77. The first-order valence-electron chi connectivity index (χ1n) is 6.38. The lowest BCUT2D eigenvalue weighted by Crippen LogP contribution is -1.98. The van der Waals surface area contributed by atoms with Gasteiger partial charge in [-0.2, -0.15) is 5.26 Å². The fourth-order valence-electron chi connectivity index (χ4n) is 2.04. The number of aromatic nitrogens is 2. The molecule has 0 saturated heterocycles. The highest BCUT2D eigenvalue weighted by Gasteiger charge is 2.11. The van der Waals surface area contributed by atoms with Crippen LogP contribution in [0.3, 0.4) is 0 Å². The van der Waals surface area contributed by atoms with E-state index in [4.69, 9.17) is 15.7 Å². The Morgan fingerprint density at radius 2 is 2.05 bits per heavy atom. The Hall–Kier alpha value is -3.13. The molecule has 0 amide bonds. The third kappa shape index (κ3) is 2.35. The summed E-state index contributed by atoms with van der Waals surface area (Å²) in [7, 11) is 0. The second kappa shape index (κ2) is 5.10. The van der Waals surface area contributed by atoms with Crippen LogP contribution >= 0.6 is 0 Å². The van der Waals surface area contributed by atoms with Crippen molar-refractivity contribution in [2.75, 3.05) is 5.73 Å². The predicted molar refractivity (Wildman–Crippen MR) is 79.9 cm³/mol. The van der Waals surface area contributed by atoms with E-state index in [2.05, 4.69) is 9.97 Å². The molecule has 0 aliphatic carbocycles. The van der Waals surface area contributed by atoms with Gasteiger partial charge in [0.15, 0.2) is 5.75 Å². The molecule has 2 aromatic heterocycles. The molecule has 5 nitrogen and oxygen atoms in total. The molecule has 102 valence electrons. The van der Waals surface area contributed by atoms with Gasteiger partial charge in [0, 0.05) is 17.3 Å². The van der Waals surface area contributed by atoms with Crippen LogP contribution in [-0.4, -0.2) is 9.97 Å². The highest BCUT2D eigenvalue weighted by Crippen LogP contribution is 2.31. The Morgan fingerprint density at radius 3 is 2.86 bits per heavy atom. The highest BCUT2D eigenvalue weighted by molar-refractivity contribution is 5.85. The fourth-order valence-corrected chi connectivity index (χ4v) is 2.04. The number of para-hydroxylation sites is 1. The summed E-state index contributed by atoms with van der Waals surface area (Å²) in [4.78, 5) is 8.57. The van der Waals surface area contributed by atoms with Crippen LogP contribution in [0.25, 0.3) is 10.9 Å². The number of anilines is 1. The van der Waals surface area contributed by atoms with Crippen molar-refractivity contribution in [3.8, 4) is 17.7 Å². The Bertz CT molecular complexity index is 868. The molecule has 0 fully saturated rings. The molecule has 2 heterocycles. The van der Waals surface area contributed by atoms with E-state index < -0.39 is 0 Å². The third-order valence-corrected chi connectivity index (χ3v) is 3.10. The summed E-state index contributed by atoms with van der Waals surface area (Å²) in [5.74, 6) is 0.773. The van der Waals surface area contributed by atoms with Crippen molar-refractivity contribution in [2.24, 2.45) is 0 Å². The van der Waals surface area contributed by atoms with Crippen molar-refractivity contribution in [1.29, 1.82) is 5.26 Å². The van der Waals surface area contributed by atoms with E-state index in [0.29, 0.717) is 11.3 Å². The Labute approximate surface area is 121 Å². The SMILES string of the molecule is Cc1ccc2cccc(Oc3nccc(C#N)c3N)c2n1. The van der Waals surface area contributed by atoms with E-state index in [1.807, 2.05) is 37.3 Å². The second-order valence-electron chi connectivity index (χ2n) is 4.57. The maximum atomic E-state index is 8.99. The summed E-state index contributed by atoms with van der Waals surface area (Å²) in [6.45, 7) is 1.92. The van der Waals surface area contributed by atoms with Crippen LogP contribution in [0.4, 0.5) is 5.69 Å². The van der Waals surface area contributed by atoms with Gasteiger partial charge in [0.2, 0.25) is 5.88 Å². The smallest absolute Gasteiger partial charge is 0.244 e. The van der Waals surface area contributed by atoms with Gasteiger partial charge in [0.25, 0.3) is 0 Å².